The Hall–Kier alpha value is -2.87. The second-order valence-corrected chi connectivity index (χ2v) is 6.66. The van der Waals surface area contributed by atoms with Crippen molar-refractivity contribution in [2.75, 3.05) is 13.0 Å². The zero-order chi connectivity index (χ0) is 21.0. The average Bonchev–Trinajstić information content (AvgIpc) is 2.66. The van der Waals surface area contributed by atoms with Gasteiger partial charge in [-0.05, 0) is 26.3 Å². The summed E-state index contributed by atoms with van der Waals surface area (Å²) < 4.78 is 10.2. The van der Waals surface area contributed by atoms with Crippen molar-refractivity contribution >= 4 is 29.2 Å². The molecule has 8 nitrogen and oxygen atoms in total. The maximum Gasteiger partial charge on any atom is 0.337 e. The number of rotatable bonds is 6. The molecule has 1 aromatic carbocycles. The number of dihydropyridines is 1. The molecule has 0 spiro atoms. The monoisotopic (exact) mass is 408 g/mol. The van der Waals surface area contributed by atoms with Crippen molar-refractivity contribution in [3.05, 3.63) is 62.5 Å². The van der Waals surface area contributed by atoms with Gasteiger partial charge in [0.1, 0.15) is 6.10 Å². The molecule has 1 N–H and O–H groups in total. The minimum atomic E-state index is -0.886. The number of nitrogens with one attached hydrogen (secondary N) is 1. The van der Waals surface area contributed by atoms with E-state index in [0.29, 0.717) is 17.0 Å². The summed E-state index contributed by atoms with van der Waals surface area (Å²) in [6.45, 7) is 4.98. The Balaban J connectivity index is 2.66. The van der Waals surface area contributed by atoms with Crippen LogP contribution in [0.3, 0.4) is 0 Å². The van der Waals surface area contributed by atoms with Crippen LogP contribution in [0.2, 0.25) is 0 Å². The normalized spacial score (nSPS) is 17.7. The lowest BCUT2D eigenvalue weighted by atomic mass is 9.80. The van der Waals surface area contributed by atoms with Gasteiger partial charge in [-0.1, -0.05) is 12.1 Å². The second-order valence-electron chi connectivity index (χ2n) is 6.35. The van der Waals surface area contributed by atoms with Crippen molar-refractivity contribution < 1.29 is 24.0 Å². The van der Waals surface area contributed by atoms with Gasteiger partial charge in [0.05, 0.1) is 35.0 Å². The summed E-state index contributed by atoms with van der Waals surface area (Å²) in [5, 5.41) is 14.2. The van der Waals surface area contributed by atoms with Crippen molar-refractivity contribution in [1.82, 2.24) is 5.32 Å². The van der Waals surface area contributed by atoms with Crippen LogP contribution < -0.4 is 5.32 Å². The maximum absolute atomic E-state index is 12.9. The molecular formula is C19H21ClN2O6. The van der Waals surface area contributed by atoms with E-state index >= 15 is 0 Å². The number of hydrogen-bond donors (Lipinski definition) is 1. The van der Waals surface area contributed by atoms with Gasteiger partial charge in [0, 0.05) is 23.5 Å². The molecule has 0 aromatic heterocycles. The first-order valence-corrected chi connectivity index (χ1v) is 9.02. The lowest BCUT2D eigenvalue weighted by molar-refractivity contribution is -0.384. The van der Waals surface area contributed by atoms with Gasteiger partial charge in [-0.25, -0.2) is 9.59 Å². The Morgan fingerprint density at radius 2 is 1.86 bits per heavy atom. The molecule has 1 aliphatic heterocycles. The Morgan fingerprint density at radius 1 is 1.25 bits per heavy atom. The molecule has 0 aliphatic carbocycles. The number of halogens is 1. The number of allylic oxidation sites excluding steroid dienone is 2. The molecular weight excluding hydrogens is 388 g/mol. The van der Waals surface area contributed by atoms with Gasteiger partial charge in [0.15, 0.2) is 0 Å². The SMILES string of the molecule is COC(=O)C1=C(C)NC(C)=C(C(=O)OC(C)CCl)C1c1cccc([N+](=O)[O-])c1. The number of alkyl halides is 1. The average molecular weight is 409 g/mol. The maximum atomic E-state index is 12.9. The van der Waals surface area contributed by atoms with Crippen LogP contribution in [0.15, 0.2) is 46.8 Å². The molecule has 0 saturated carbocycles. The van der Waals surface area contributed by atoms with Gasteiger partial charge in [0.25, 0.3) is 5.69 Å². The molecule has 28 heavy (non-hydrogen) atoms. The molecule has 1 aromatic rings. The van der Waals surface area contributed by atoms with Crippen LogP contribution in [0.25, 0.3) is 0 Å². The molecule has 2 unspecified atom stereocenters. The van der Waals surface area contributed by atoms with Gasteiger partial charge < -0.3 is 14.8 Å². The lowest BCUT2D eigenvalue weighted by Gasteiger charge is -2.30. The number of carbonyl (C=O) groups excluding carboxylic acids is 2. The number of nitro groups is 1. The third-order valence-electron chi connectivity index (χ3n) is 4.33. The van der Waals surface area contributed by atoms with Crippen LogP contribution in [-0.4, -0.2) is 36.0 Å². The summed E-state index contributed by atoms with van der Waals surface area (Å²) >= 11 is 5.74. The van der Waals surface area contributed by atoms with Gasteiger partial charge in [0.2, 0.25) is 0 Å². The number of ether oxygens (including phenoxy) is 2. The van der Waals surface area contributed by atoms with Crippen LogP contribution in [-0.2, 0) is 19.1 Å². The molecule has 0 bridgehead atoms. The molecule has 1 aliphatic rings. The van der Waals surface area contributed by atoms with Crippen LogP contribution in [0.5, 0.6) is 0 Å². The predicted octanol–water partition coefficient (Wildman–Crippen LogP) is 3.17. The molecule has 1 heterocycles. The minimum absolute atomic E-state index is 0.103. The van der Waals surface area contributed by atoms with Crippen LogP contribution in [0, 0.1) is 10.1 Å². The highest BCUT2D eigenvalue weighted by atomic mass is 35.5. The number of nitro benzene ring substituents is 1. The van der Waals surface area contributed by atoms with E-state index in [2.05, 4.69) is 5.32 Å². The van der Waals surface area contributed by atoms with E-state index < -0.39 is 28.9 Å². The van der Waals surface area contributed by atoms with Gasteiger partial charge in [-0.3, -0.25) is 10.1 Å². The quantitative estimate of drug-likeness (QED) is 0.333. The van der Waals surface area contributed by atoms with Crippen molar-refractivity contribution in [3.63, 3.8) is 0 Å². The Morgan fingerprint density at radius 3 is 2.39 bits per heavy atom. The first kappa shape index (κ1) is 21.4. The van der Waals surface area contributed by atoms with Gasteiger partial charge >= 0.3 is 11.9 Å². The van der Waals surface area contributed by atoms with E-state index in [4.69, 9.17) is 21.1 Å². The summed E-state index contributed by atoms with van der Waals surface area (Å²) in [4.78, 5) is 36.0. The largest absolute Gasteiger partial charge is 0.466 e. The third-order valence-corrected chi connectivity index (χ3v) is 4.76. The van der Waals surface area contributed by atoms with Crippen LogP contribution >= 0.6 is 11.6 Å². The standard InChI is InChI=1S/C19H21ClN2O6/c1-10(9-20)28-19(24)16-12(3)21-11(2)15(18(23)27-4)17(16)13-6-5-7-14(8-13)22(25)26/h5-8,10,17,21H,9H2,1-4H3. The fourth-order valence-electron chi connectivity index (χ4n) is 3.07. The number of nitrogens with zero attached hydrogens (tertiary/aromatic N) is 1. The topological polar surface area (TPSA) is 108 Å². The summed E-state index contributed by atoms with van der Waals surface area (Å²) in [6, 6.07) is 5.78. The van der Waals surface area contributed by atoms with Crippen LogP contribution in [0.4, 0.5) is 5.69 Å². The first-order chi connectivity index (χ1) is 13.2. The number of benzene rings is 1. The van der Waals surface area contributed by atoms with Gasteiger partial charge in [-0.15, -0.1) is 11.6 Å². The summed E-state index contributed by atoms with van der Waals surface area (Å²) in [5.74, 6) is -2.09. The van der Waals surface area contributed by atoms with Crippen LogP contribution in [0.1, 0.15) is 32.3 Å². The van der Waals surface area contributed by atoms with Gasteiger partial charge in [-0.2, -0.15) is 0 Å². The Bertz CT molecular complexity index is 877. The second kappa shape index (κ2) is 8.88. The van der Waals surface area contributed by atoms with E-state index in [9.17, 15) is 19.7 Å². The summed E-state index contributed by atoms with van der Waals surface area (Å²) in [6.07, 6.45) is -0.547. The number of non-ortho nitro benzene ring substituents is 1. The highest BCUT2D eigenvalue weighted by molar-refractivity contribution is 6.18. The highest BCUT2D eigenvalue weighted by Gasteiger charge is 2.38. The molecule has 9 heteroatoms. The summed E-state index contributed by atoms with van der Waals surface area (Å²) in [7, 11) is 1.23. The molecule has 2 atom stereocenters. The van der Waals surface area contributed by atoms with Crippen molar-refractivity contribution in [2.24, 2.45) is 0 Å². The molecule has 0 radical (unpaired) electrons. The fourth-order valence-corrected chi connectivity index (χ4v) is 3.14. The van der Waals surface area contributed by atoms with E-state index in [1.807, 2.05) is 0 Å². The third kappa shape index (κ3) is 4.33. The molecule has 150 valence electrons. The number of carbonyl (C=O) groups is 2. The van der Waals surface area contributed by atoms with Crippen molar-refractivity contribution in [2.45, 2.75) is 32.8 Å². The Labute approximate surface area is 167 Å². The smallest absolute Gasteiger partial charge is 0.337 e. The summed E-state index contributed by atoms with van der Waals surface area (Å²) in [5.41, 5.74) is 1.57. The van der Waals surface area contributed by atoms with E-state index in [0.717, 1.165) is 0 Å². The highest BCUT2D eigenvalue weighted by Crippen LogP contribution is 2.40. The number of esters is 2. The predicted molar refractivity (Wildman–Crippen MR) is 103 cm³/mol. The molecule has 0 fully saturated rings. The zero-order valence-corrected chi connectivity index (χ0v) is 16.7. The van der Waals surface area contributed by atoms with E-state index in [-0.39, 0.29) is 22.7 Å². The molecule has 0 saturated heterocycles. The zero-order valence-electron chi connectivity index (χ0n) is 15.9. The van der Waals surface area contributed by atoms with Crippen molar-refractivity contribution in [3.8, 4) is 0 Å². The lowest BCUT2D eigenvalue weighted by Crippen LogP contribution is -2.33. The first-order valence-electron chi connectivity index (χ1n) is 8.49. The number of methoxy groups -OCH3 is 1. The number of hydrogen-bond acceptors (Lipinski definition) is 7. The molecule has 2 rings (SSSR count). The molecule has 0 amide bonds. The Kier molecular flexibility index (Phi) is 6.80. The van der Waals surface area contributed by atoms with E-state index in [1.54, 1.807) is 26.8 Å². The van der Waals surface area contributed by atoms with E-state index in [1.165, 1.54) is 25.3 Å². The fraction of sp³-hybridized carbons (Fsp3) is 0.368. The van der Waals surface area contributed by atoms with Crippen molar-refractivity contribution in [1.29, 1.82) is 0 Å². The minimum Gasteiger partial charge on any atom is -0.466 e.